The summed E-state index contributed by atoms with van der Waals surface area (Å²) in [6.45, 7) is 7.23. The summed E-state index contributed by atoms with van der Waals surface area (Å²) in [7, 11) is 0. The summed E-state index contributed by atoms with van der Waals surface area (Å²) in [5, 5.41) is 4.39. The number of ketones is 1. The number of morpholine rings is 1. The molecular formula is C18H22N6O2. The average Bonchev–Trinajstić information content (AvgIpc) is 3.23. The molecule has 0 unspecified atom stereocenters. The first-order valence-corrected chi connectivity index (χ1v) is 8.82. The lowest BCUT2D eigenvalue weighted by Crippen LogP contribution is -2.37. The highest BCUT2D eigenvalue weighted by atomic mass is 16.5. The van der Waals surface area contributed by atoms with Gasteiger partial charge in [0.1, 0.15) is 5.78 Å². The number of aryl methyl sites for hydroxylation is 2. The van der Waals surface area contributed by atoms with Crippen molar-refractivity contribution in [2.75, 3.05) is 31.2 Å². The highest BCUT2D eigenvalue weighted by molar-refractivity contribution is 5.75. The summed E-state index contributed by atoms with van der Waals surface area (Å²) in [5.41, 5.74) is 3.76. The molecule has 136 valence electrons. The van der Waals surface area contributed by atoms with Crippen LogP contribution in [0.15, 0.2) is 24.8 Å². The number of hydrogen-bond donors (Lipinski definition) is 0. The van der Waals surface area contributed by atoms with E-state index in [0.29, 0.717) is 26.2 Å². The van der Waals surface area contributed by atoms with Crippen molar-refractivity contribution in [2.45, 2.75) is 26.8 Å². The summed E-state index contributed by atoms with van der Waals surface area (Å²) in [6.07, 6.45) is 8.02. The number of carbonyl (C=O) groups is 1. The summed E-state index contributed by atoms with van der Waals surface area (Å²) in [6, 6.07) is 0. The third-order valence-electron chi connectivity index (χ3n) is 4.61. The van der Waals surface area contributed by atoms with Crippen molar-refractivity contribution in [1.82, 2.24) is 24.1 Å². The van der Waals surface area contributed by atoms with Gasteiger partial charge in [0.15, 0.2) is 11.5 Å². The Hall–Kier alpha value is -2.74. The van der Waals surface area contributed by atoms with Gasteiger partial charge in [-0.1, -0.05) is 0 Å². The normalized spacial score (nSPS) is 14.9. The maximum atomic E-state index is 11.2. The molecule has 3 aromatic rings. The van der Waals surface area contributed by atoms with Gasteiger partial charge in [-0.3, -0.25) is 13.9 Å². The minimum Gasteiger partial charge on any atom is -0.378 e. The summed E-state index contributed by atoms with van der Waals surface area (Å²) < 4.78 is 9.32. The summed E-state index contributed by atoms with van der Waals surface area (Å²) in [4.78, 5) is 22.7. The van der Waals surface area contributed by atoms with Crippen LogP contribution < -0.4 is 4.90 Å². The summed E-state index contributed by atoms with van der Waals surface area (Å²) in [5.74, 6) is 1.04. The van der Waals surface area contributed by atoms with Crippen molar-refractivity contribution < 1.29 is 9.53 Å². The van der Waals surface area contributed by atoms with Gasteiger partial charge in [0.2, 0.25) is 0 Å². The molecule has 4 rings (SSSR count). The van der Waals surface area contributed by atoms with Gasteiger partial charge < -0.3 is 9.64 Å². The lowest BCUT2D eigenvalue weighted by molar-refractivity contribution is -0.117. The predicted octanol–water partition coefficient (Wildman–Crippen LogP) is 1.72. The third-order valence-corrected chi connectivity index (χ3v) is 4.61. The Morgan fingerprint density at radius 3 is 2.88 bits per heavy atom. The molecule has 4 heterocycles. The average molecular weight is 354 g/mol. The van der Waals surface area contributed by atoms with Gasteiger partial charge in [-0.2, -0.15) is 5.10 Å². The Bertz CT molecular complexity index is 938. The molecule has 8 nitrogen and oxygen atoms in total. The lowest BCUT2D eigenvalue weighted by atomic mass is 10.2. The zero-order valence-electron chi connectivity index (χ0n) is 15.1. The zero-order chi connectivity index (χ0) is 18.1. The van der Waals surface area contributed by atoms with Crippen molar-refractivity contribution in [2.24, 2.45) is 0 Å². The molecule has 0 N–H and O–H groups in total. The van der Waals surface area contributed by atoms with E-state index in [9.17, 15) is 4.79 Å². The molecule has 0 radical (unpaired) electrons. The van der Waals surface area contributed by atoms with Gasteiger partial charge in [-0.25, -0.2) is 9.97 Å². The fraction of sp³-hybridized carbons (Fsp3) is 0.444. The smallest absolute Gasteiger partial charge is 0.181 e. The molecule has 0 bridgehead atoms. The van der Waals surface area contributed by atoms with Crippen LogP contribution in [-0.4, -0.2) is 56.2 Å². The van der Waals surface area contributed by atoms with Crippen LogP contribution in [0, 0.1) is 6.92 Å². The number of anilines is 1. The number of aromatic nitrogens is 5. The molecule has 0 atom stereocenters. The molecule has 0 saturated carbocycles. The molecule has 0 amide bonds. The van der Waals surface area contributed by atoms with Gasteiger partial charge in [0.25, 0.3) is 0 Å². The number of Topliss-reactive ketones (excluding diaryl/α,β-unsaturated/α-hetero) is 1. The van der Waals surface area contributed by atoms with Crippen LogP contribution in [0.2, 0.25) is 0 Å². The first kappa shape index (κ1) is 16.7. The van der Waals surface area contributed by atoms with Crippen molar-refractivity contribution in [3.63, 3.8) is 0 Å². The second-order valence-electron chi connectivity index (χ2n) is 6.53. The Labute approximate surface area is 151 Å². The highest BCUT2D eigenvalue weighted by Gasteiger charge is 2.20. The lowest BCUT2D eigenvalue weighted by Gasteiger charge is -2.27. The molecule has 3 aromatic heterocycles. The molecular weight excluding hydrogens is 332 g/mol. The van der Waals surface area contributed by atoms with Crippen molar-refractivity contribution >= 4 is 17.2 Å². The zero-order valence-corrected chi connectivity index (χ0v) is 15.1. The molecule has 1 fully saturated rings. The number of ether oxygens (including phenoxy) is 1. The van der Waals surface area contributed by atoms with Crippen LogP contribution in [0.1, 0.15) is 19.0 Å². The Morgan fingerprint density at radius 2 is 2.12 bits per heavy atom. The van der Waals surface area contributed by atoms with E-state index in [1.807, 2.05) is 31.7 Å². The van der Waals surface area contributed by atoms with E-state index in [-0.39, 0.29) is 5.78 Å². The largest absolute Gasteiger partial charge is 0.378 e. The van der Waals surface area contributed by atoms with Crippen molar-refractivity contribution in [1.29, 1.82) is 0 Å². The molecule has 0 aromatic carbocycles. The first-order chi connectivity index (χ1) is 12.6. The molecule has 1 saturated heterocycles. The predicted molar refractivity (Wildman–Crippen MR) is 97.3 cm³/mol. The van der Waals surface area contributed by atoms with Crippen LogP contribution in [0.5, 0.6) is 0 Å². The van der Waals surface area contributed by atoms with Gasteiger partial charge in [-0.15, -0.1) is 0 Å². The van der Waals surface area contributed by atoms with Gasteiger partial charge in [-0.05, 0) is 13.8 Å². The van der Waals surface area contributed by atoms with Crippen LogP contribution in [0.3, 0.4) is 0 Å². The van der Waals surface area contributed by atoms with Crippen LogP contribution >= 0.6 is 0 Å². The maximum Gasteiger partial charge on any atom is 0.181 e. The highest BCUT2D eigenvalue weighted by Crippen LogP contribution is 2.28. The van der Waals surface area contributed by atoms with E-state index < -0.39 is 0 Å². The Morgan fingerprint density at radius 1 is 1.31 bits per heavy atom. The van der Waals surface area contributed by atoms with E-state index in [4.69, 9.17) is 9.72 Å². The second kappa shape index (κ2) is 6.87. The molecule has 0 aliphatic carbocycles. The van der Waals surface area contributed by atoms with E-state index in [2.05, 4.69) is 19.4 Å². The Balaban J connectivity index is 1.72. The Kier molecular flexibility index (Phi) is 4.42. The maximum absolute atomic E-state index is 11.2. The minimum atomic E-state index is 0.161. The SMILES string of the molecule is CC(=O)CCn1cc(-c2c(C)nc3c(N4CCOCC4)nccn23)cn1. The van der Waals surface area contributed by atoms with Crippen molar-refractivity contribution in [3.8, 4) is 11.3 Å². The molecule has 8 heteroatoms. The van der Waals surface area contributed by atoms with Gasteiger partial charge in [0, 0.05) is 50.2 Å². The van der Waals surface area contributed by atoms with Gasteiger partial charge >= 0.3 is 0 Å². The molecule has 1 aliphatic rings. The van der Waals surface area contributed by atoms with Gasteiger partial charge in [0.05, 0.1) is 30.8 Å². The van der Waals surface area contributed by atoms with Crippen LogP contribution in [0.4, 0.5) is 5.82 Å². The molecule has 1 aliphatic heterocycles. The third kappa shape index (κ3) is 3.08. The number of imidazole rings is 1. The van der Waals surface area contributed by atoms with E-state index in [1.165, 1.54) is 0 Å². The monoisotopic (exact) mass is 354 g/mol. The fourth-order valence-electron chi connectivity index (χ4n) is 3.30. The molecule has 26 heavy (non-hydrogen) atoms. The summed E-state index contributed by atoms with van der Waals surface area (Å²) >= 11 is 0. The van der Waals surface area contributed by atoms with E-state index in [0.717, 1.165) is 41.5 Å². The standard InChI is InChI=1S/C18H22N6O2/c1-13(25)3-5-23-12-15(11-20-23)16-14(2)21-18-17(19-4-6-24(16)18)22-7-9-26-10-8-22/h4,6,11-12H,3,5,7-10H2,1-2H3. The fourth-order valence-corrected chi connectivity index (χ4v) is 3.30. The quantitative estimate of drug-likeness (QED) is 0.694. The number of carbonyl (C=O) groups excluding carboxylic acids is 1. The van der Waals surface area contributed by atoms with E-state index in [1.54, 1.807) is 11.6 Å². The van der Waals surface area contributed by atoms with E-state index >= 15 is 0 Å². The number of hydrogen-bond acceptors (Lipinski definition) is 6. The topological polar surface area (TPSA) is 77.5 Å². The first-order valence-electron chi connectivity index (χ1n) is 8.82. The second-order valence-corrected chi connectivity index (χ2v) is 6.53. The van der Waals surface area contributed by atoms with Crippen LogP contribution in [0.25, 0.3) is 16.9 Å². The number of nitrogens with zero attached hydrogens (tertiary/aromatic N) is 6. The number of fused-ring (bicyclic) bond motifs is 1. The van der Waals surface area contributed by atoms with Crippen molar-refractivity contribution in [3.05, 3.63) is 30.5 Å². The molecule has 0 spiro atoms. The minimum absolute atomic E-state index is 0.161. The number of rotatable bonds is 5. The van der Waals surface area contributed by atoms with Crippen LogP contribution in [-0.2, 0) is 16.1 Å².